The first-order chi connectivity index (χ1) is 14.8. The quantitative estimate of drug-likeness (QED) is 0.506. The number of thiazole rings is 1. The van der Waals surface area contributed by atoms with Gasteiger partial charge in [-0.25, -0.2) is 18.1 Å². The number of rotatable bonds is 9. The Labute approximate surface area is 187 Å². The van der Waals surface area contributed by atoms with Gasteiger partial charge in [-0.15, -0.1) is 11.3 Å². The first-order valence-electron chi connectivity index (χ1n) is 10.2. The van der Waals surface area contributed by atoms with Crippen molar-refractivity contribution in [3.8, 4) is 10.6 Å². The number of carbonyl (C=O) groups is 1. The van der Waals surface area contributed by atoms with E-state index in [-0.39, 0.29) is 17.7 Å². The fourth-order valence-electron chi connectivity index (χ4n) is 3.04. The van der Waals surface area contributed by atoms with E-state index in [1.54, 1.807) is 31.4 Å². The van der Waals surface area contributed by atoms with Crippen LogP contribution in [0.4, 0.5) is 0 Å². The molecule has 0 aliphatic rings. The van der Waals surface area contributed by atoms with Crippen LogP contribution in [0.5, 0.6) is 0 Å². The molecule has 1 heterocycles. The van der Waals surface area contributed by atoms with Crippen molar-refractivity contribution in [3.63, 3.8) is 0 Å². The minimum absolute atomic E-state index is 0.0708. The zero-order chi connectivity index (χ0) is 22.4. The van der Waals surface area contributed by atoms with E-state index in [2.05, 4.69) is 34.1 Å². The molecule has 164 valence electrons. The normalized spacial score (nSPS) is 11.6. The molecule has 0 aliphatic heterocycles. The van der Waals surface area contributed by atoms with Gasteiger partial charge in [0.25, 0.3) is 5.91 Å². The highest BCUT2D eigenvalue weighted by molar-refractivity contribution is 7.88. The molecular formula is C23H27N3O3S2. The summed E-state index contributed by atoms with van der Waals surface area (Å²) in [5.74, 6) is -0.306. The fraction of sp³-hybridized carbons (Fsp3) is 0.304. The number of amides is 1. The predicted molar refractivity (Wildman–Crippen MR) is 125 cm³/mol. The van der Waals surface area contributed by atoms with Gasteiger partial charge in [0.1, 0.15) is 10.7 Å². The highest BCUT2D eigenvalue weighted by Crippen LogP contribution is 2.24. The second-order valence-corrected chi connectivity index (χ2v) is 10.2. The lowest BCUT2D eigenvalue weighted by Crippen LogP contribution is -2.31. The number of carbonyl (C=O) groups excluding carboxylic acids is 1. The van der Waals surface area contributed by atoms with Crippen LogP contribution < -0.4 is 10.0 Å². The molecule has 1 amide bonds. The van der Waals surface area contributed by atoms with Crippen molar-refractivity contribution in [2.45, 2.75) is 45.5 Å². The SMILES string of the molecule is CCc1ccc(-c2nc(C(=O)NCc3ccc(CS(=O)(=O)NC(C)C)cc3)cs2)cc1. The monoisotopic (exact) mass is 457 g/mol. The van der Waals surface area contributed by atoms with E-state index < -0.39 is 10.0 Å². The van der Waals surface area contributed by atoms with Crippen LogP contribution >= 0.6 is 11.3 Å². The lowest BCUT2D eigenvalue weighted by atomic mass is 10.1. The second kappa shape index (κ2) is 10.2. The molecule has 0 unspecified atom stereocenters. The summed E-state index contributed by atoms with van der Waals surface area (Å²) in [5, 5.41) is 5.44. The number of nitrogens with one attached hydrogen (secondary N) is 2. The van der Waals surface area contributed by atoms with Gasteiger partial charge in [-0.05, 0) is 37.0 Å². The molecule has 1 aromatic heterocycles. The van der Waals surface area contributed by atoms with Gasteiger partial charge < -0.3 is 5.32 Å². The zero-order valence-corrected chi connectivity index (χ0v) is 19.5. The molecule has 2 aromatic carbocycles. The van der Waals surface area contributed by atoms with E-state index in [4.69, 9.17) is 0 Å². The second-order valence-electron chi connectivity index (χ2n) is 7.62. The first kappa shape index (κ1) is 23.1. The number of hydrogen-bond donors (Lipinski definition) is 2. The van der Waals surface area contributed by atoms with Crippen LogP contribution in [-0.2, 0) is 28.7 Å². The molecule has 2 N–H and O–H groups in total. The number of aryl methyl sites for hydroxylation is 1. The van der Waals surface area contributed by atoms with Gasteiger partial charge in [0.2, 0.25) is 10.0 Å². The molecule has 0 radical (unpaired) electrons. The number of nitrogens with zero attached hydrogens (tertiary/aromatic N) is 1. The van der Waals surface area contributed by atoms with Crippen LogP contribution in [0.15, 0.2) is 53.9 Å². The van der Waals surface area contributed by atoms with E-state index in [0.29, 0.717) is 17.8 Å². The van der Waals surface area contributed by atoms with Gasteiger partial charge in [0.15, 0.2) is 0 Å². The lowest BCUT2D eigenvalue weighted by molar-refractivity contribution is 0.0946. The van der Waals surface area contributed by atoms with Crippen LogP contribution in [-0.4, -0.2) is 25.4 Å². The maximum atomic E-state index is 12.5. The summed E-state index contributed by atoms with van der Waals surface area (Å²) in [6.07, 6.45) is 0.984. The topological polar surface area (TPSA) is 88.2 Å². The molecule has 6 nitrogen and oxygen atoms in total. The first-order valence-corrected chi connectivity index (χ1v) is 12.7. The van der Waals surface area contributed by atoms with Crippen molar-refractivity contribution < 1.29 is 13.2 Å². The lowest BCUT2D eigenvalue weighted by Gasteiger charge is -2.10. The zero-order valence-electron chi connectivity index (χ0n) is 17.9. The largest absolute Gasteiger partial charge is 0.347 e. The molecule has 0 atom stereocenters. The molecule has 0 bridgehead atoms. The summed E-state index contributed by atoms with van der Waals surface area (Å²) in [7, 11) is -3.36. The number of hydrogen-bond acceptors (Lipinski definition) is 5. The molecule has 0 fully saturated rings. The smallest absolute Gasteiger partial charge is 0.271 e. The van der Waals surface area contributed by atoms with Gasteiger partial charge in [-0.3, -0.25) is 4.79 Å². The molecule has 0 saturated carbocycles. The molecule has 8 heteroatoms. The number of benzene rings is 2. The Kier molecular flexibility index (Phi) is 7.59. The number of aromatic nitrogens is 1. The van der Waals surface area contributed by atoms with Crippen LogP contribution in [0.2, 0.25) is 0 Å². The molecule has 0 aliphatic carbocycles. The maximum absolute atomic E-state index is 12.5. The van der Waals surface area contributed by atoms with Crippen molar-refractivity contribution in [1.29, 1.82) is 0 Å². The third kappa shape index (κ3) is 6.72. The maximum Gasteiger partial charge on any atom is 0.271 e. The van der Waals surface area contributed by atoms with Crippen molar-refractivity contribution in [3.05, 3.63) is 76.3 Å². The van der Waals surface area contributed by atoms with Gasteiger partial charge in [0.05, 0.1) is 5.75 Å². The Morgan fingerprint density at radius 2 is 1.61 bits per heavy atom. The summed E-state index contributed by atoms with van der Waals surface area (Å²) >= 11 is 1.44. The van der Waals surface area contributed by atoms with E-state index in [0.717, 1.165) is 22.6 Å². The summed E-state index contributed by atoms with van der Waals surface area (Å²) < 4.78 is 26.6. The molecule has 0 spiro atoms. The van der Waals surface area contributed by atoms with Crippen LogP contribution in [0.3, 0.4) is 0 Å². The molecule has 3 rings (SSSR count). The molecule has 3 aromatic rings. The summed E-state index contributed by atoms with van der Waals surface area (Å²) in [5.41, 5.74) is 4.23. The third-order valence-electron chi connectivity index (χ3n) is 4.59. The molecule has 31 heavy (non-hydrogen) atoms. The van der Waals surface area contributed by atoms with Gasteiger partial charge in [-0.1, -0.05) is 55.5 Å². The average Bonchev–Trinajstić information content (AvgIpc) is 3.22. The fourth-order valence-corrected chi connectivity index (χ4v) is 5.28. The molecule has 0 saturated heterocycles. The van der Waals surface area contributed by atoms with Crippen LogP contribution in [0.1, 0.15) is 48.0 Å². The molecular weight excluding hydrogens is 430 g/mol. The predicted octanol–water partition coefficient (Wildman–Crippen LogP) is 4.13. The highest BCUT2D eigenvalue weighted by Gasteiger charge is 2.14. The minimum atomic E-state index is -3.36. The summed E-state index contributed by atoms with van der Waals surface area (Å²) in [4.78, 5) is 16.9. The Hall–Kier alpha value is -2.55. The van der Waals surface area contributed by atoms with E-state index in [9.17, 15) is 13.2 Å². The average molecular weight is 458 g/mol. The van der Waals surface area contributed by atoms with E-state index in [1.807, 2.05) is 24.3 Å². The highest BCUT2D eigenvalue weighted by atomic mass is 32.2. The van der Waals surface area contributed by atoms with Crippen LogP contribution in [0.25, 0.3) is 10.6 Å². The van der Waals surface area contributed by atoms with Crippen molar-refractivity contribution >= 4 is 27.3 Å². The summed E-state index contributed by atoms with van der Waals surface area (Å²) in [6, 6.07) is 15.2. The minimum Gasteiger partial charge on any atom is -0.347 e. The van der Waals surface area contributed by atoms with Crippen LogP contribution in [0, 0.1) is 0 Å². The third-order valence-corrected chi connectivity index (χ3v) is 7.03. The Balaban J connectivity index is 1.56. The van der Waals surface area contributed by atoms with E-state index in [1.165, 1.54) is 16.9 Å². The van der Waals surface area contributed by atoms with Crippen molar-refractivity contribution in [2.24, 2.45) is 0 Å². The standard InChI is InChI=1S/C23H27N3O3S2/c1-4-17-9-11-20(12-10-17)23-25-21(14-30-23)22(27)24-13-18-5-7-19(8-6-18)15-31(28,29)26-16(2)3/h5-12,14,16,26H,4,13,15H2,1-3H3,(H,24,27). The Bertz CT molecular complexity index is 1120. The Morgan fingerprint density at radius 3 is 2.23 bits per heavy atom. The van der Waals surface area contributed by atoms with Gasteiger partial charge in [0, 0.05) is 23.5 Å². The van der Waals surface area contributed by atoms with Crippen molar-refractivity contribution in [1.82, 2.24) is 15.0 Å². The van der Waals surface area contributed by atoms with Gasteiger partial charge >= 0.3 is 0 Å². The van der Waals surface area contributed by atoms with E-state index >= 15 is 0 Å². The number of sulfonamides is 1. The summed E-state index contributed by atoms with van der Waals surface area (Å²) in [6.45, 7) is 6.03. The Morgan fingerprint density at radius 1 is 1.00 bits per heavy atom. The van der Waals surface area contributed by atoms with Gasteiger partial charge in [-0.2, -0.15) is 0 Å². The van der Waals surface area contributed by atoms with Crippen molar-refractivity contribution in [2.75, 3.05) is 0 Å².